The molecular formula is C13H19NO4S. The standard InChI is InChI=1S/C13H19NO4S/c1-19-9-10-6-7-11(18-10)13(17)14-8-4-2-3-5-12(15)16/h6-7H,2-5,8-9H2,1H3,(H,14,17)(H,15,16). The zero-order valence-electron chi connectivity index (χ0n) is 11.0. The molecule has 1 rings (SSSR count). The fourth-order valence-corrected chi connectivity index (χ4v) is 2.03. The van der Waals surface area contributed by atoms with E-state index in [2.05, 4.69) is 5.32 Å². The highest BCUT2D eigenvalue weighted by molar-refractivity contribution is 7.97. The Bertz CT molecular complexity index is 417. The van der Waals surface area contributed by atoms with Gasteiger partial charge < -0.3 is 14.8 Å². The van der Waals surface area contributed by atoms with Gasteiger partial charge in [-0.25, -0.2) is 0 Å². The molecule has 19 heavy (non-hydrogen) atoms. The number of rotatable bonds is 9. The maximum absolute atomic E-state index is 11.7. The Labute approximate surface area is 116 Å². The average Bonchev–Trinajstić information content (AvgIpc) is 2.82. The van der Waals surface area contributed by atoms with Crippen molar-refractivity contribution in [2.45, 2.75) is 31.4 Å². The summed E-state index contributed by atoms with van der Waals surface area (Å²) >= 11 is 1.64. The number of amides is 1. The van der Waals surface area contributed by atoms with Crippen LogP contribution in [0.3, 0.4) is 0 Å². The van der Waals surface area contributed by atoms with Gasteiger partial charge in [0.15, 0.2) is 5.76 Å². The number of nitrogens with one attached hydrogen (secondary N) is 1. The lowest BCUT2D eigenvalue weighted by Gasteiger charge is -2.02. The number of hydrogen-bond acceptors (Lipinski definition) is 4. The lowest BCUT2D eigenvalue weighted by atomic mass is 10.2. The molecule has 0 saturated carbocycles. The first-order chi connectivity index (χ1) is 9.13. The summed E-state index contributed by atoms with van der Waals surface area (Å²) in [5, 5.41) is 11.2. The average molecular weight is 285 g/mol. The molecular weight excluding hydrogens is 266 g/mol. The van der Waals surface area contributed by atoms with Crippen molar-refractivity contribution < 1.29 is 19.1 Å². The fourth-order valence-electron chi connectivity index (χ4n) is 1.59. The van der Waals surface area contributed by atoms with Crippen LogP contribution in [0.4, 0.5) is 0 Å². The summed E-state index contributed by atoms with van der Waals surface area (Å²) in [5.41, 5.74) is 0. The number of thioether (sulfide) groups is 1. The van der Waals surface area contributed by atoms with E-state index in [1.54, 1.807) is 23.9 Å². The molecule has 6 heteroatoms. The Morgan fingerprint density at radius 2 is 2.11 bits per heavy atom. The molecule has 0 aliphatic carbocycles. The highest BCUT2D eigenvalue weighted by Gasteiger charge is 2.10. The van der Waals surface area contributed by atoms with Crippen LogP contribution in [0.2, 0.25) is 0 Å². The molecule has 0 unspecified atom stereocenters. The molecule has 0 aliphatic rings. The maximum Gasteiger partial charge on any atom is 0.303 e. The number of carbonyl (C=O) groups is 2. The van der Waals surface area contributed by atoms with Gasteiger partial charge in [-0.05, 0) is 31.2 Å². The molecule has 0 fully saturated rings. The summed E-state index contributed by atoms with van der Waals surface area (Å²) in [7, 11) is 0. The van der Waals surface area contributed by atoms with E-state index in [0.29, 0.717) is 18.7 Å². The Hall–Kier alpha value is -1.43. The number of hydrogen-bond donors (Lipinski definition) is 2. The minimum Gasteiger partial charge on any atom is -0.481 e. The monoisotopic (exact) mass is 285 g/mol. The second kappa shape index (κ2) is 8.63. The van der Waals surface area contributed by atoms with Crippen LogP contribution < -0.4 is 5.32 Å². The predicted molar refractivity (Wildman–Crippen MR) is 74.4 cm³/mol. The van der Waals surface area contributed by atoms with Gasteiger partial charge in [-0.1, -0.05) is 6.42 Å². The lowest BCUT2D eigenvalue weighted by Crippen LogP contribution is -2.23. The molecule has 0 bridgehead atoms. The maximum atomic E-state index is 11.7. The van der Waals surface area contributed by atoms with E-state index in [0.717, 1.165) is 24.4 Å². The van der Waals surface area contributed by atoms with Gasteiger partial charge >= 0.3 is 5.97 Å². The van der Waals surface area contributed by atoms with Crippen molar-refractivity contribution in [3.8, 4) is 0 Å². The molecule has 0 aromatic carbocycles. The van der Waals surface area contributed by atoms with Gasteiger partial charge in [-0.3, -0.25) is 9.59 Å². The number of carbonyl (C=O) groups excluding carboxylic acids is 1. The first-order valence-electron chi connectivity index (χ1n) is 6.21. The highest BCUT2D eigenvalue weighted by atomic mass is 32.2. The zero-order chi connectivity index (χ0) is 14.1. The molecule has 0 aliphatic heterocycles. The Morgan fingerprint density at radius 3 is 2.79 bits per heavy atom. The van der Waals surface area contributed by atoms with E-state index < -0.39 is 5.97 Å². The van der Waals surface area contributed by atoms with Gasteiger partial charge in [0.1, 0.15) is 5.76 Å². The third kappa shape index (κ3) is 6.33. The topological polar surface area (TPSA) is 79.5 Å². The van der Waals surface area contributed by atoms with Crippen molar-refractivity contribution in [2.75, 3.05) is 12.8 Å². The first kappa shape index (κ1) is 15.6. The summed E-state index contributed by atoms with van der Waals surface area (Å²) in [4.78, 5) is 22.0. The largest absolute Gasteiger partial charge is 0.481 e. The van der Waals surface area contributed by atoms with Crippen LogP contribution >= 0.6 is 11.8 Å². The molecule has 0 radical (unpaired) electrons. The van der Waals surface area contributed by atoms with E-state index in [4.69, 9.17) is 9.52 Å². The summed E-state index contributed by atoms with van der Waals surface area (Å²) in [6.45, 7) is 0.539. The second-order valence-corrected chi connectivity index (χ2v) is 5.03. The Balaban J connectivity index is 2.18. The Kier molecular flexibility index (Phi) is 7.10. The summed E-state index contributed by atoms with van der Waals surface area (Å²) in [5.74, 6) is 0.878. The molecule has 106 valence electrons. The third-order valence-corrected chi connectivity index (χ3v) is 3.10. The number of unbranched alkanes of at least 4 members (excludes halogenated alkanes) is 2. The molecule has 0 spiro atoms. The number of carboxylic acid groups (broad SMARTS) is 1. The van der Waals surface area contributed by atoms with E-state index in [-0.39, 0.29) is 12.3 Å². The molecule has 1 aromatic heterocycles. The van der Waals surface area contributed by atoms with E-state index in [1.165, 1.54) is 0 Å². The van der Waals surface area contributed by atoms with Crippen LogP contribution in [0.25, 0.3) is 0 Å². The van der Waals surface area contributed by atoms with Crippen molar-refractivity contribution in [1.29, 1.82) is 0 Å². The minimum atomic E-state index is -0.777. The van der Waals surface area contributed by atoms with Gasteiger partial charge in [0.2, 0.25) is 0 Å². The molecule has 0 saturated heterocycles. The Morgan fingerprint density at radius 1 is 1.32 bits per heavy atom. The zero-order valence-corrected chi connectivity index (χ0v) is 11.8. The number of carboxylic acids is 1. The normalized spacial score (nSPS) is 10.4. The van der Waals surface area contributed by atoms with Crippen LogP contribution in [0.1, 0.15) is 42.0 Å². The molecule has 1 amide bonds. The van der Waals surface area contributed by atoms with Crippen LogP contribution in [0.15, 0.2) is 16.5 Å². The van der Waals surface area contributed by atoms with Gasteiger partial charge in [0, 0.05) is 13.0 Å². The van der Waals surface area contributed by atoms with Crippen LogP contribution in [-0.4, -0.2) is 29.8 Å². The van der Waals surface area contributed by atoms with E-state index >= 15 is 0 Å². The molecule has 0 atom stereocenters. The summed E-state index contributed by atoms with van der Waals surface area (Å²) in [6, 6.07) is 3.48. The predicted octanol–water partition coefficient (Wildman–Crippen LogP) is 2.52. The second-order valence-electron chi connectivity index (χ2n) is 4.16. The fraction of sp³-hybridized carbons (Fsp3) is 0.538. The molecule has 1 heterocycles. The van der Waals surface area contributed by atoms with Gasteiger partial charge in [0.25, 0.3) is 5.91 Å². The number of aliphatic carboxylic acids is 1. The van der Waals surface area contributed by atoms with Crippen LogP contribution in [0, 0.1) is 0 Å². The lowest BCUT2D eigenvalue weighted by molar-refractivity contribution is -0.137. The van der Waals surface area contributed by atoms with Gasteiger partial charge in [0.05, 0.1) is 5.75 Å². The molecule has 2 N–H and O–H groups in total. The van der Waals surface area contributed by atoms with Crippen molar-refractivity contribution in [2.24, 2.45) is 0 Å². The van der Waals surface area contributed by atoms with Crippen molar-refractivity contribution >= 4 is 23.6 Å². The van der Waals surface area contributed by atoms with E-state index in [1.807, 2.05) is 6.26 Å². The SMILES string of the molecule is CSCc1ccc(C(=O)NCCCCCC(=O)O)o1. The van der Waals surface area contributed by atoms with Crippen molar-refractivity contribution in [1.82, 2.24) is 5.32 Å². The minimum absolute atomic E-state index is 0.185. The first-order valence-corrected chi connectivity index (χ1v) is 7.60. The van der Waals surface area contributed by atoms with Crippen LogP contribution in [0.5, 0.6) is 0 Å². The summed E-state index contributed by atoms with van der Waals surface area (Å²) in [6.07, 6.45) is 4.37. The third-order valence-electron chi connectivity index (χ3n) is 2.53. The molecule has 5 nitrogen and oxygen atoms in total. The summed E-state index contributed by atoms with van der Waals surface area (Å²) < 4.78 is 5.38. The van der Waals surface area contributed by atoms with Crippen molar-refractivity contribution in [3.63, 3.8) is 0 Å². The van der Waals surface area contributed by atoms with E-state index in [9.17, 15) is 9.59 Å². The number of furan rings is 1. The van der Waals surface area contributed by atoms with Crippen molar-refractivity contribution in [3.05, 3.63) is 23.7 Å². The molecule has 1 aromatic rings. The van der Waals surface area contributed by atoms with Crippen LogP contribution in [-0.2, 0) is 10.5 Å². The smallest absolute Gasteiger partial charge is 0.303 e. The quantitative estimate of drug-likeness (QED) is 0.681. The van der Waals surface area contributed by atoms with Gasteiger partial charge in [-0.15, -0.1) is 0 Å². The van der Waals surface area contributed by atoms with Gasteiger partial charge in [-0.2, -0.15) is 11.8 Å². The highest BCUT2D eigenvalue weighted by Crippen LogP contribution is 2.13.